The second-order valence-electron chi connectivity index (χ2n) is 4.54. The van der Waals surface area contributed by atoms with Crippen LogP contribution in [-0.2, 0) is 11.2 Å². The van der Waals surface area contributed by atoms with Crippen LogP contribution in [0.5, 0.6) is 0 Å². The van der Waals surface area contributed by atoms with Gasteiger partial charge >= 0.3 is 10.7 Å². The molecule has 1 aromatic carbocycles. The fraction of sp³-hybridized carbons (Fsp3) is 0.333. The first-order chi connectivity index (χ1) is 9.88. The molecule has 0 saturated heterocycles. The van der Waals surface area contributed by atoms with Crippen LogP contribution in [0.25, 0.3) is 0 Å². The summed E-state index contributed by atoms with van der Waals surface area (Å²) in [6.45, 7) is 0. The molecule has 1 aliphatic heterocycles. The van der Waals surface area contributed by atoms with E-state index in [2.05, 4.69) is 10.1 Å². The Bertz CT molecular complexity index is 646. The lowest BCUT2D eigenvalue weighted by atomic mass is 10.0. The molecule has 0 amide bonds. The van der Waals surface area contributed by atoms with Crippen molar-refractivity contribution in [2.75, 3.05) is 0 Å². The van der Waals surface area contributed by atoms with Gasteiger partial charge in [-0.05, 0) is 5.56 Å². The van der Waals surface area contributed by atoms with Gasteiger partial charge in [0.25, 0.3) is 0 Å². The average molecular weight is 319 g/mol. The molecule has 3 atom stereocenters. The van der Waals surface area contributed by atoms with Gasteiger partial charge in [0.15, 0.2) is 12.0 Å². The lowest BCUT2D eigenvalue weighted by Crippen LogP contribution is -2.25. The lowest BCUT2D eigenvalue weighted by Gasteiger charge is -2.12. The van der Waals surface area contributed by atoms with Gasteiger partial charge in [-0.25, -0.2) is 9.07 Å². The van der Waals surface area contributed by atoms with Crippen LogP contribution in [-0.4, -0.2) is 24.8 Å². The molecule has 0 radical (unpaired) electrons. The zero-order chi connectivity index (χ0) is 15.2. The minimum Gasteiger partial charge on any atom is -0.602 e. The molecule has 0 unspecified atom stereocenters. The molecule has 0 fully saturated rings. The van der Waals surface area contributed by atoms with E-state index in [9.17, 15) is 22.1 Å². The van der Waals surface area contributed by atoms with Gasteiger partial charge in [0.05, 0.1) is 6.04 Å². The summed E-state index contributed by atoms with van der Waals surface area (Å²) in [5.74, 6) is -0.212. The van der Waals surface area contributed by atoms with Gasteiger partial charge < -0.3 is 4.55 Å². The SMILES string of the molecule is [O-][S@@+](c1nc2n(n1)[C@H](c1ccccc1)C[C@@H]2F)C(F)(F)F. The van der Waals surface area contributed by atoms with Crippen LogP contribution in [0.1, 0.15) is 30.0 Å². The highest BCUT2D eigenvalue weighted by atomic mass is 32.2. The van der Waals surface area contributed by atoms with Crippen LogP contribution < -0.4 is 0 Å². The number of hydrogen-bond acceptors (Lipinski definition) is 3. The van der Waals surface area contributed by atoms with E-state index in [1.54, 1.807) is 30.3 Å². The number of halogens is 4. The van der Waals surface area contributed by atoms with E-state index in [-0.39, 0.29) is 12.2 Å². The molecule has 112 valence electrons. The van der Waals surface area contributed by atoms with Crippen molar-refractivity contribution in [2.45, 2.75) is 29.3 Å². The van der Waals surface area contributed by atoms with Gasteiger partial charge in [-0.2, -0.15) is 4.98 Å². The summed E-state index contributed by atoms with van der Waals surface area (Å²) in [5.41, 5.74) is -4.25. The number of fused-ring (bicyclic) bond motifs is 1. The number of benzene rings is 1. The average Bonchev–Trinajstić information content (AvgIpc) is 2.99. The third kappa shape index (κ3) is 2.51. The predicted molar refractivity (Wildman–Crippen MR) is 65.5 cm³/mol. The van der Waals surface area contributed by atoms with Crippen molar-refractivity contribution in [2.24, 2.45) is 0 Å². The standard InChI is InChI=1S/C12H9F4N3OS/c13-8-6-9(7-4-2-1-3-5-7)19-10(8)17-11(18-19)21(20)12(14,15)16/h1-5,8-9H,6H2/t8-,9-,21-/m0/s1. The normalized spacial score (nSPS) is 23.1. The highest BCUT2D eigenvalue weighted by Crippen LogP contribution is 2.40. The summed E-state index contributed by atoms with van der Waals surface area (Å²) < 4.78 is 63.6. The van der Waals surface area contributed by atoms with E-state index < -0.39 is 34.1 Å². The molecule has 2 heterocycles. The van der Waals surface area contributed by atoms with Crippen LogP contribution in [0.4, 0.5) is 17.6 Å². The van der Waals surface area contributed by atoms with Crippen molar-refractivity contribution in [3.05, 3.63) is 41.7 Å². The summed E-state index contributed by atoms with van der Waals surface area (Å²) in [5, 5.41) is 2.71. The highest BCUT2D eigenvalue weighted by molar-refractivity contribution is 7.92. The molecule has 9 heteroatoms. The Labute approximate surface area is 120 Å². The molecule has 0 bridgehead atoms. The molecule has 0 aliphatic carbocycles. The molecule has 0 saturated carbocycles. The Morgan fingerprint density at radius 3 is 2.52 bits per heavy atom. The van der Waals surface area contributed by atoms with Crippen molar-refractivity contribution in [1.82, 2.24) is 14.8 Å². The van der Waals surface area contributed by atoms with E-state index in [0.29, 0.717) is 5.56 Å². The maximum absolute atomic E-state index is 13.9. The number of hydrogen-bond donors (Lipinski definition) is 0. The quantitative estimate of drug-likeness (QED) is 0.632. The number of alkyl halides is 4. The molecule has 0 spiro atoms. The predicted octanol–water partition coefficient (Wildman–Crippen LogP) is 2.91. The Hall–Kier alpha value is -1.61. The minimum atomic E-state index is -4.96. The molecule has 4 nitrogen and oxygen atoms in total. The van der Waals surface area contributed by atoms with Crippen LogP contribution in [0.15, 0.2) is 35.5 Å². The van der Waals surface area contributed by atoms with Gasteiger partial charge in [-0.15, -0.1) is 18.3 Å². The van der Waals surface area contributed by atoms with Gasteiger partial charge in [0, 0.05) is 6.42 Å². The molecule has 2 aromatic rings. The molecule has 3 rings (SSSR count). The third-order valence-corrected chi connectivity index (χ3v) is 4.13. The van der Waals surface area contributed by atoms with Crippen molar-refractivity contribution in [1.29, 1.82) is 0 Å². The summed E-state index contributed by atoms with van der Waals surface area (Å²) in [7, 11) is 0. The monoisotopic (exact) mass is 319 g/mol. The molecular formula is C12H9F4N3OS. The van der Waals surface area contributed by atoms with E-state index in [0.717, 1.165) is 4.68 Å². The Balaban J connectivity index is 1.99. The van der Waals surface area contributed by atoms with E-state index >= 15 is 0 Å². The van der Waals surface area contributed by atoms with Crippen molar-refractivity contribution < 1.29 is 22.1 Å². The van der Waals surface area contributed by atoms with Crippen LogP contribution in [0, 0.1) is 0 Å². The fourth-order valence-electron chi connectivity index (χ4n) is 2.29. The van der Waals surface area contributed by atoms with Crippen molar-refractivity contribution in [3.8, 4) is 0 Å². The van der Waals surface area contributed by atoms with Crippen molar-refractivity contribution in [3.63, 3.8) is 0 Å². The lowest BCUT2D eigenvalue weighted by molar-refractivity contribution is -0.0440. The van der Waals surface area contributed by atoms with Gasteiger partial charge in [-0.1, -0.05) is 30.3 Å². The first-order valence-electron chi connectivity index (χ1n) is 6.02. The smallest absolute Gasteiger partial charge is 0.581 e. The van der Waals surface area contributed by atoms with Crippen molar-refractivity contribution >= 4 is 11.2 Å². The Morgan fingerprint density at radius 2 is 1.90 bits per heavy atom. The zero-order valence-corrected chi connectivity index (χ0v) is 11.2. The molecular weight excluding hydrogens is 310 g/mol. The van der Waals surface area contributed by atoms with Gasteiger partial charge in [0.1, 0.15) is 11.2 Å². The van der Waals surface area contributed by atoms with E-state index in [4.69, 9.17) is 0 Å². The second kappa shape index (κ2) is 4.99. The largest absolute Gasteiger partial charge is 0.602 e. The first-order valence-corrected chi connectivity index (χ1v) is 7.17. The number of nitrogens with zero attached hydrogens (tertiary/aromatic N) is 3. The third-order valence-electron chi connectivity index (χ3n) is 3.20. The van der Waals surface area contributed by atoms with Crippen LogP contribution in [0.2, 0.25) is 0 Å². The second-order valence-corrected chi connectivity index (χ2v) is 5.91. The Kier molecular flexibility index (Phi) is 3.40. The van der Waals surface area contributed by atoms with Gasteiger partial charge in [0.2, 0.25) is 0 Å². The minimum absolute atomic E-state index is 0.0538. The molecule has 1 aromatic heterocycles. The number of rotatable bonds is 2. The fourth-order valence-corrected chi connectivity index (χ4v) is 2.84. The van der Waals surface area contributed by atoms with E-state index in [1.807, 2.05) is 0 Å². The summed E-state index contributed by atoms with van der Waals surface area (Å²) in [6, 6.07) is 8.18. The zero-order valence-electron chi connectivity index (χ0n) is 10.4. The van der Waals surface area contributed by atoms with E-state index in [1.165, 1.54) is 0 Å². The maximum atomic E-state index is 13.9. The molecule has 21 heavy (non-hydrogen) atoms. The molecule has 1 aliphatic rings. The Morgan fingerprint density at radius 1 is 1.24 bits per heavy atom. The highest BCUT2D eigenvalue weighted by Gasteiger charge is 2.50. The summed E-state index contributed by atoms with van der Waals surface area (Å²) >= 11 is -3.35. The molecule has 0 N–H and O–H groups in total. The summed E-state index contributed by atoms with van der Waals surface area (Å²) in [4.78, 5) is 3.47. The summed E-state index contributed by atoms with van der Waals surface area (Å²) in [6.07, 6.45) is -1.47. The topological polar surface area (TPSA) is 53.8 Å². The maximum Gasteiger partial charge on any atom is 0.581 e. The number of aromatic nitrogens is 3. The van der Waals surface area contributed by atoms with Gasteiger partial charge in [-0.3, -0.25) is 0 Å². The van der Waals surface area contributed by atoms with Crippen LogP contribution in [0.3, 0.4) is 0 Å². The first kappa shape index (κ1) is 14.3. The van der Waals surface area contributed by atoms with Crippen LogP contribution >= 0.6 is 0 Å².